The first-order valence-electron chi connectivity index (χ1n) is 10.5. The Morgan fingerprint density at radius 3 is 2.48 bits per heavy atom. The number of amides is 1. The Bertz CT molecular complexity index is 1040. The number of nitrogens with zero attached hydrogens (tertiary/aromatic N) is 2. The quantitative estimate of drug-likeness (QED) is 0.404. The fourth-order valence-electron chi connectivity index (χ4n) is 4.10. The summed E-state index contributed by atoms with van der Waals surface area (Å²) in [5, 5.41) is 11.3. The highest BCUT2D eigenvalue weighted by Gasteiger charge is 2.46. The normalized spacial score (nSPS) is 18.3. The number of aliphatic hydroxyl groups is 1. The van der Waals surface area contributed by atoms with Gasteiger partial charge in [0.2, 0.25) is 0 Å². The second-order valence-corrected chi connectivity index (χ2v) is 8.18. The summed E-state index contributed by atoms with van der Waals surface area (Å²) >= 11 is 0. The molecule has 0 saturated carbocycles. The molecule has 7 heteroatoms. The van der Waals surface area contributed by atoms with Gasteiger partial charge in [-0.1, -0.05) is 12.1 Å². The molecule has 2 aromatic rings. The summed E-state index contributed by atoms with van der Waals surface area (Å²) in [6.45, 7) is 9.01. The van der Waals surface area contributed by atoms with Gasteiger partial charge in [-0.25, -0.2) is 0 Å². The maximum absolute atomic E-state index is 13.1. The van der Waals surface area contributed by atoms with Gasteiger partial charge >= 0.3 is 0 Å². The largest absolute Gasteiger partial charge is 0.507 e. The summed E-state index contributed by atoms with van der Waals surface area (Å²) in [4.78, 5) is 32.8. The summed E-state index contributed by atoms with van der Waals surface area (Å²) in [6, 6.07) is 6.68. The average molecular weight is 426 g/mol. The van der Waals surface area contributed by atoms with Crippen molar-refractivity contribution in [2.45, 2.75) is 33.7 Å². The van der Waals surface area contributed by atoms with Crippen molar-refractivity contribution in [3.63, 3.8) is 0 Å². The van der Waals surface area contributed by atoms with E-state index in [2.05, 4.69) is 4.98 Å². The lowest BCUT2D eigenvalue weighted by atomic mass is 9.94. The van der Waals surface area contributed by atoms with Crippen LogP contribution in [0.1, 0.15) is 41.0 Å². The van der Waals surface area contributed by atoms with E-state index in [1.54, 1.807) is 4.90 Å². The van der Waals surface area contributed by atoms with Crippen LogP contribution in [0.3, 0.4) is 0 Å². The van der Waals surface area contributed by atoms with Gasteiger partial charge in [-0.2, -0.15) is 0 Å². The SMILES string of the molecule is CCOc1cccc(C2/C(=C(\O)c3c(C)[nH]c(C)c3C)C(=O)C(=O)N2CCN(C)C)c1. The van der Waals surface area contributed by atoms with E-state index in [0.717, 1.165) is 22.5 Å². The second-order valence-electron chi connectivity index (χ2n) is 8.18. The summed E-state index contributed by atoms with van der Waals surface area (Å²) in [5.41, 5.74) is 3.95. The Labute approximate surface area is 183 Å². The molecule has 1 aromatic carbocycles. The number of nitrogens with one attached hydrogen (secondary N) is 1. The molecule has 1 amide bonds. The number of ether oxygens (including phenoxy) is 1. The lowest BCUT2D eigenvalue weighted by Crippen LogP contribution is -2.35. The number of aryl methyl sites for hydroxylation is 2. The number of hydrogen-bond donors (Lipinski definition) is 2. The molecule has 1 fully saturated rings. The minimum atomic E-state index is -0.686. The number of carbonyl (C=O) groups excluding carboxylic acids is 2. The van der Waals surface area contributed by atoms with E-state index >= 15 is 0 Å². The third kappa shape index (κ3) is 4.23. The van der Waals surface area contributed by atoms with E-state index in [0.29, 0.717) is 31.0 Å². The molecule has 0 aliphatic carbocycles. The van der Waals surface area contributed by atoms with Gasteiger partial charge in [-0.15, -0.1) is 0 Å². The Kier molecular flexibility index (Phi) is 6.55. The number of benzene rings is 1. The number of aromatic nitrogens is 1. The number of aliphatic hydroxyl groups excluding tert-OH is 1. The van der Waals surface area contributed by atoms with Crippen LogP contribution < -0.4 is 4.74 Å². The van der Waals surface area contributed by atoms with E-state index in [1.807, 2.05) is 71.0 Å². The molecule has 0 spiro atoms. The van der Waals surface area contributed by atoms with Crippen LogP contribution in [-0.4, -0.2) is 65.4 Å². The van der Waals surface area contributed by atoms with E-state index in [4.69, 9.17) is 4.74 Å². The maximum Gasteiger partial charge on any atom is 0.295 e. The van der Waals surface area contributed by atoms with Gasteiger partial charge in [-0.05, 0) is 65.0 Å². The van der Waals surface area contributed by atoms with Crippen LogP contribution >= 0.6 is 0 Å². The van der Waals surface area contributed by atoms with E-state index < -0.39 is 17.7 Å². The molecular weight excluding hydrogens is 394 g/mol. The minimum absolute atomic E-state index is 0.114. The Morgan fingerprint density at radius 1 is 1.19 bits per heavy atom. The molecule has 7 nitrogen and oxygen atoms in total. The monoisotopic (exact) mass is 425 g/mol. The molecular formula is C24H31N3O4. The molecule has 1 aliphatic rings. The van der Waals surface area contributed by atoms with Crippen molar-refractivity contribution in [1.82, 2.24) is 14.8 Å². The van der Waals surface area contributed by atoms with Crippen molar-refractivity contribution in [3.8, 4) is 5.75 Å². The number of H-pyrrole nitrogens is 1. The van der Waals surface area contributed by atoms with Gasteiger partial charge < -0.3 is 24.6 Å². The zero-order chi connectivity index (χ0) is 22.9. The van der Waals surface area contributed by atoms with Gasteiger partial charge in [0.15, 0.2) is 0 Å². The minimum Gasteiger partial charge on any atom is -0.507 e. The van der Waals surface area contributed by atoms with Crippen LogP contribution in [0.25, 0.3) is 5.76 Å². The molecule has 1 saturated heterocycles. The Balaban J connectivity index is 2.21. The lowest BCUT2D eigenvalue weighted by molar-refractivity contribution is -0.140. The van der Waals surface area contributed by atoms with Crippen molar-refractivity contribution in [3.05, 3.63) is 57.9 Å². The third-order valence-electron chi connectivity index (χ3n) is 5.74. The number of aromatic amines is 1. The van der Waals surface area contributed by atoms with Gasteiger partial charge in [-0.3, -0.25) is 9.59 Å². The zero-order valence-electron chi connectivity index (χ0n) is 19.1. The fraction of sp³-hybridized carbons (Fsp3) is 0.417. The van der Waals surface area contributed by atoms with Crippen LogP contribution in [0.5, 0.6) is 5.75 Å². The molecule has 2 heterocycles. The smallest absolute Gasteiger partial charge is 0.295 e. The van der Waals surface area contributed by atoms with Crippen molar-refractivity contribution in [2.75, 3.05) is 33.8 Å². The Morgan fingerprint density at radius 2 is 1.90 bits per heavy atom. The number of carbonyl (C=O) groups is 2. The van der Waals surface area contributed by atoms with Gasteiger partial charge in [0, 0.05) is 30.0 Å². The average Bonchev–Trinajstić information content (AvgIpc) is 3.12. The molecule has 3 rings (SSSR count). The number of likely N-dealkylation sites (tertiary alicyclic amines) is 1. The second kappa shape index (κ2) is 8.98. The molecule has 1 aliphatic heterocycles. The van der Waals surface area contributed by atoms with Gasteiger partial charge in [0.25, 0.3) is 11.7 Å². The van der Waals surface area contributed by atoms with Gasteiger partial charge in [0.1, 0.15) is 11.5 Å². The molecule has 0 bridgehead atoms. The number of likely N-dealkylation sites (N-methyl/N-ethyl adjacent to an activating group) is 1. The van der Waals surface area contributed by atoms with Crippen LogP contribution in [0.15, 0.2) is 29.8 Å². The van der Waals surface area contributed by atoms with Crippen LogP contribution in [0.4, 0.5) is 0 Å². The molecule has 166 valence electrons. The van der Waals surface area contributed by atoms with Gasteiger partial charge in [0.05, 0.1) is 18.2 Å². The van der Waals surface area contributed by atoms with Crippen LogP contribution in [-0.2, 0) is 9.59 Å². The fourth-order valence-corrected chi connectivity index (χ4v) is 4.10. The van der Waals surface area contributed by atoms with Crippen molar-refractivity contribution in [1.29, 1.82) is 0 Å². The van der Waals surface area contributed by atoms with E-state index in [-0.39, 0.29) is 11.3 Å². The molecule has 1 atom stereocenters. The number of rotatable bonds is 7. The third-order valence-corrected chi connectivity index (χ3v) is 5.74. The van der Waals surface area contributed by atoms with Crippen molar-refractivity contribution >= 4 is 17.4 Å². The lowest BCUT2D eigenvalue weighted by Gasteiger charge is -2.27. The molecule has 0 radical (unpaired) electrons. The first kappa shape index (κ1) is 22.6. The molecule has 31 heavy (non-hydrogen) atoms. The molecule has 1 aromatic heterocycles. The van der Waals surface area contributed by atoms with Crippen LogP contribution in [0, 0.1) is 20.8 Å². The first-order valence-corrected chi connectivity index (χ1v) is 10.5. The molecule has 2 N–H and O–H groups in total. The highest BCUT2D eigenvalue weighted by atomic mass is 16.5. The van der Waals surface area contributed by atoms with E-state index in [1.165, 1.54) is 0 Å². The predicted octanol–water partition coefficient (Wildman–Crippen LogP) is 3.32. The first-order chi connectivity index (χ1) is 14.7. The predicted molar refractivity (Wildman–Crippen MR) is 120 cm³/mol. The summed E-state index contributed by atoms with van der Waals surface area (Å²) in [7, 11) is 3.83. The highest BCUT2D eigenvalue weighted by molar-refractivity contribution is 6.46. The number of hydrogen-bond acceptors (Lipinski definition) is 5. The Hall–Kier alpha value is -3.06. The van der Waals surface area contributed by atoms with Crippen molar-refractivity contribution in [2.24, 2.45) is 0 Å². The summed E-state index contributed by atoms with van der Waals surface area (Å²) in [6.07, 6.45) is 0. The standard InChI is InChI=1S/C24H31N3O4/c1-7-31-18-10-8-9-17(13-18)21-20(22(28)19-14(2)15(3)25-16(19)4)23(29)24(30)27(21)12-11-26(5)6/h8-10,13,21,25,28H,7,11-12H2,1-6H3/b22-20+. The number of Topliss-reactive ketones (excluding diaryl/α,β-unsaturated/α-hetero) is 1. The summed E-state index contributed by atoms with van der Waals surface area (Å²) in [5.74, 6) is -0.751. The zero-order valence-corrected chi connectivity index (χ0v) is 19.1. The van der Waals surface area contributed by atoms with E-state index in [9.17, 15) is 14.7 Å². The maximum atomic E-state index is 13.1. The topological polar surface area (TPSA) is 85.9 Å². The molecule has 1 unspecified atom stereocenters. The van der Waals surface area contributed by atoms with Crippen LogP contribution in [0.2, 0.25) is 0 Å². The van der Waals surface area contributed by atoms with Crippen molar-refractivity contribution < 1.29 is 19.4 Å². The number of ketones is 1. The summed E-state index contributed by atoms with van der Waals surface area (Å²) < 4.78 is 5.63. The highest BCUT2D eigenvalue weighted by Crippen LogP contribution is 2.41.